The fraction of sp³-hybridized carbons (Fsp3) is 1.00. The summed E-state index contributed by atoms with van der Waals surface area (Å²) in [6, 6.07) is 0. The van der Waals surface area contributed by atoms with Crippen LogP contribution in [0.15, 0.2) is 0 Å². The Kier molecular flexibility index (Phi) is 2.68. The van der Waals surface area contributed by atoms with Crippen LogP contribution in [0.4, 0.5) is 0 Å². The molecule has 0 radical (unpaired) electrons. The second-order valence-electron chi connectivity index (χ2n) is 7.21. The molecule has 2 aliphatic rings. The van der Waals surface area contributed by atoms with E-state index in [1.807, 2.05) is 0 Å². The van der Waals surface area contributed by atoms with Crippen molar-refractivity contribution in [3.63, 3.8) is 0 Å². The number of hydrogen-bond acceptors (Lipinski definition) is 0. The first-order valence-electron chi connectivity index (χ1n) is 6.91. The molecule has 0 amide bonds. The van der Waals surface area contributed by atoms with Gasteiger partial charge in [-0.1, -0.05) is 41.0 Å². The SMILES string of the molecule is CCCC(C)(C)C1CC2(C)CCC2C1C. The zero-order valence-electron chi connectivity index (χ0n) is 11.3. The zero-order valence-corrected chi connectivity index (χ0v) is 11.3. The summed E-state index contributed by atoms with van der Waals surface area (Å²) in [7, 11) is 0. The van der Waals surface area contributed by atoms with E-state index in [0.717, 1.165) is 23.2 Å². The van der Waals surface area contributed by atoms with Crippen LogP contribution >= 0.6 is 0 Å². The van der Waals surface area contributed by atoms with E-state index in [2.05, 4.69) is 34.6 Å². The lowest BCUT2D eigenvalue weighted by Gasteiger charge is -2.43. The van der Waals surface area contributed by atoms with Crippen molar-refractivity contribution in [3.05, 3.63) is 0 Å². The van der Waals surface area contributed by atoms with E-state index in [9.17, 15) is 0 Å². The molecule has 0 heterocycles. The molecule has 2 aliphatic carbocycles. The van der Waals surface area contributed by atoms with Crippen LogP contribution in [0.25, 0.3) is 0 Å². The lowest BCUT2D eigenvalue weighted by molar-refractivity contribution is 0.0634. The first-order chi connectivity index (χ1) is 6.91. The van der Waals surface area contributed by atoms with Gasteiger partial charge in [-0.2, -0.15) is 0 Å². The van der Waals surface area contributed by atoms with E-state index in [0.29, 0.717) is 5.41 Å². The van der Waals surface area contributed by atoms with Gasteiger partial charge in [0.05, 0.1) is 0 Å². The molecule has 2 saturated carbocycles. The number of fused-ring (bicyclic) bond motifs is 1. The minimum absolute atomic E-state index is 0.578. The maximum atomic E-state index is 2.54. The van der Waals surface area contributed by atoms with Crippen molar-refractivity contribution >= 4 is 0 Å². The van der Waals surface area contributed by atoms with Crippen LogP contribution in [-0.2, 0) is 0 Å². The summed E-state index contributed by atoms with van der Waals surface area (Å²) in [5, 5.41) is 0. The minimum atomic E-state index is 0.578. The third kappa shape index (κ3) is 1.65. The van der Waals surface area contributed by atoms with Gasteiger partial charge in [0, 0.05) is 0 Å². The van der Waals surface area contributed by atoms with Crippen LogP contribution in [0.1, 0.15) is 66.7 Å². The van der Waals surface area contributed by atoms with Crippen LogP contribution in [0.2, 0.25) is 0 Å². The fourth-order valence-corrected chi connectivity index (χ4v) is 4.74. The third-order valence-corrected chi connectivity index (χ3v) is 5.78. The largest absolute Gasteiger partial charge is 0.0654 e. The van der Waals surface area contributed by atoms with Crippen LogP contribution < -0.4 is 0 Å². The van der Waals surface area contributed by atoms with Crippen molar-refractivity contribution in [1.82, 2.24) is 0 Å². The van der Waals surface area contributed by atoms with Gasteiger partial charge < -0.3 is 0 Å². The molecular formula is C15H28. The highest BCUT2D eigenvalue weighted by Crippen LogP contribution is 2.65. The summed E-state index contributed by atoms with van der Waals surface area (Å²) in [5.41, 5.74) is 1.31. The normalized spacial score (nSPS) is 45.0. The topological polar surface area (TPSA) is 0 Å². The minimum Gasteiger partial charge on any atom is -0.0654 e. The average molecular weight is 208 g/mol. The van der Waals surface area contributed by atoms with E-state index in [1.54, 1.807) is 0 Å². The summed E-state index contributed by atoms with van der Waals surface area (Å²) in [6.07, 6.45) is 7.27. The van der Waals surface area contributed by atoms with Crippen LogP contribution in [0, 0.1) is 28.6 Å². The van der Waals surface area contributed by atoms with Crippen molar-refractivity contribution < 1.29 is 0 Å². The maximum absolute atomic E-state index is 2.54. The highest BCUT2D eigenvalue weighted by atomic mass is 14.6. The van der Waals surface area contributed by atoms with Gasteiger partial charge in [-0.3, -0.25) is 0 Å². The maximum Gasteiger partial charge on any atom is -0.0292 e. The highest BCUT2D eigenvalue weighted by Gasteiger charge is 2.56. The lowest BCUT2D eigenvalue weighted by atomic mass is 9.62. The van der Waals surface area contributed by atoms with Crippen molar-refractivity contribution in [1.29, 1.82) is 0 Å². The molecule has 15 heavy (non-hydrogen) atoms. The van der Waals surface area contributed by atoms with E-state index >= 15 is 0 Å². The quantitative estimate of drug-likeness (QED) is 0.620. The molecule has 0 spiro atoms. The van der Waals surface area contributed by atoms with Crippen molar-refractivity contribution in [2.24, 2.45) is 28.6 Å². The van der Waals surface area contributed by atoms with Gasteiger partial charge in [-0.25, -0.2) is 0 Å². The summed E-state index contributed by atoms with van der Waals surface area (Å²) < 4.78 is 0. The van der Waals surface area contributed by atoms with Gasteiger partial charge in [-0.05, 0) is 54.3 Å². The Labute approximate surface area is 95.8 Å². The van der Waals surface area contributed by atoms with Gasteiger partial charge in [-0.15, -0.1) is 0 Å². The molecule has 0 N–H and O–H groups in total. The molecule has 88 valence electrons. The second-order valence-corrected chi connectivity index (χ2v) is 7.21. The molecule has 4 unspecified atom stereocenters. The zero-order chi connectivity index (χ0) is 11.3. The summed E-state index contributed by atoms with van der Waals surface area (Å²) in [6.45, 7) is 12.4. The summed E-state index contributed by atoms with van der Waals surface area (Å²) in [5.74, 6) is 3.01. The van der Waals surface area contributed by atoms with Crippen LogP contribution in [-0.4, -0.2) is 0 Å². The van der Waals surface area contributed by atoms with Gasteiger partial charge in [0.2, 0.25) is 0 Å². The summed E-state index contributed by atoms with van der Waals surface area (Å²) in [4.78, 5) is 0. The van der Waals surface area contributed by atoms with Crippen molar-refractivity contribution in [2.75, 3.05) is 0 Å². The first-order valence-corrected chi connectivity index (χ1v) is 6.91. The Morgan fingerprint density at radius 1 is 1.33 bits per heavy atom. The number of rotatable bonds is 3. The summed E-state index contributed by atoms with van der Waals surface area (Å²) >= 11 is 0. The first kappa shape index (κ1) is 11.5. The molecule has 0 heteroatoms. The van der Waals surface area contributed by atoms with Crippen LogP contribution in [0.3, 0.4) is 0 Å². The van der Waals surface area contributed by atoms with Gasteiger partial charge in [0.1, 0.15) is 0 Å². The van der Waals surface area contributed by atoms with Gasteiger partial charge in [0.15, 0.2) is 0 Å². The highest BCUT2D eigenvalue weighted by molar-refractivity contribution is 5.06. The molecule has 0 bridgehead atoms. The fourth-order valence-electron chi connectivity index (χ4n) is 4.74. The molecular weight excluding hydrogens is 180 g/mol. The molecule has 0 nitrogen and oxygen atoms in total. The Morgan fingerprint density at radius 3 is 2.33 bits per heavy atom. The Balaban J connectivity index is 2.11. The monoisotopic (exact) mass is 208 g/mol. The smallest absolute Gasteiger partial charge is 0.0292 e. The molecule has 4 atom stereocenters. The second kappa shape index (κ2) is 3.50. The Hall–Kier alpha value is 0. The third-order valence-electron chi connectivity index (χ3n) is 5.78. The Morgan fingerprint density at radius 2 is 2.00 bits per heavy atom. The van der Waals surface area contributed by atoms with E-state index in [-0.39, 0.29) is 0 Å². The van der Waals surface area contributed by atoms with E-state index in [4.69, 9.17) is 0 Å². The predicted molar refractivity (Wildman–Crippen MR) is 66.8 cm³/mol. The molecule has 0 saturated heterocycles. The van der Waals surface area contributed by atoms with Gasteiger partial charge in [0.25, 0.3) is 0 Å². The van der Waals surface area contributed by atoms with Gasteiger partial charge >= 0.3 is 0 Å². The van der Waals surface area contributed by atoms with Crippen molar-refractivity contribution in [2.45, 2.75) is 66.7 Å². The van der Waals surface area contributed by atoms with E-state index < -0.39 is 0 Å². The molecule has 0 aliphatic heterocycles. The number of hydrogen-bond donors (Lipinski definition) is 0. The average Bonchev–Trinajstić information content (AvgIpc) is 2.26. The van der Waals surface area contributed by atoms with Crippen LogP contribution in [0.5, 0.6) is 0 Å². The predicted octanol–water partition coefficient (Wildman–Crippen LogP) is 4.89. The molecule has 0 aromatic heterocycles. The molecule has 2 rings (SSSR count). The van der Waals surface area contributed by atoms with Crippen molar-refractivity contribution in [3.8, 4) is 0 Å². The molecule has 0 aromatic rings. The standard InChI is InChI=1S/C15H28/c1-6-8-14(3,4)13-10-15(5)9-7-12(15)11(13)2/h11-13H,6-10H2,1-5H3. The molecule has 0 aromatic carbocycles. The van der Waals surface area contributed by atoms with E-state index in [1.165, 1.54) is 32.1 Å². The molecule has 2 fully saturated rings. The Bertz CT molecular complexity index is 240. The lowest BCUT2D eigenvalue weighted by Crippen LogP contribution is -2.34.